The maximum absolute atomic E-state index is 12.3. The second kappa shape index (κ2) is 8.97. The third-order valence-electron chi connectivity index (χ3n) is 5.12. The third-order valence-corrected chi connectivity index (χ3v) is 6.10. The van der Waals surface area contributed by atoms with Crippen molar-refractivity contribution < 1.29 is 13.2 Å². The fourth-order valence-corrected chi connectivity index (χ4v) is 4.25. The van der Waals surface area contributed by atoms with Crippen LogP contribution in [0.1, 0.15) is 50.6 Å². The van der Waals surface area contributed by atoms with Gasteiger partial charge in [-0.1, -0.05) is 43.2 Å². The molecule has 0 bridgehead atoms. The number of hydrogen-bond acceptors (Lipinski definition) is 5. The summed E-state index contributed by atoms with van der Waals surface area (Å²) in [4.78, 5) is 12.3. The van der Waals surface area contributed by atoms with Gasteiger partial charge in [0.25, 0.3) is 0 Å². The molecule has 0 radical (unpaired) electrons. The molecule has 0 aromatic heterocycles. The first-order valence-corrected chi connectivity index (χ1v) is 11.3. The molecule has 7 heteroatoms. The molecule has 1 fully saturated rings. The highest BCUT2D eigenvalue weighted by Gasteiger charge is 2.35. The van der Waals surface area contributed by atoms with Crippen LogP contribution in [0.15, 0.2) is 30.3 Å². The minimum atomic E-state index is -3.11. The van der Waals surface area contributed by atoms with E-state index in [1.807, 2.05) is 18.2 Å². The lowest BCUT2D eigenvalue weighted by Gasteiger charge is -2.34. The monoisotopic (exact) mass is 381 g/mol. The van der Waals surface area contributed by atoms with E-state index in [2.05, 4.69) is 29.7 Å². The summed E-state index contributed by atoms with van der Waals surface area (Å²) < 4.78 is 22.5. The van der Waals surface area contributed by atoms with Gasteiger partial charge in [-0.3, -0.25) is 4.79 Å². The molecule has 2 atom stereocenters. The standard InChI is InChI=1S/C19H31N3O3S/c1-15(16-8-4-3-5-9-16)22-19(11-6-7-12-19)14-21-18(23)17(20)10-13-26(2,24)25/h3-5,8-9,15,17,22H,6-7,10-14,20H2,1-2H3,(H,21,23). The molecule has 0 heterocycles. The number of benzene rings is 1. The molecule has 2 unspecified atom stereocenters. The zero-order chi connectivity index (χ0) is 19.2. The normalized spacial score (nSPS) is 19.0. The first-order chi connectivity index (χ1) is 12.2. The van der Waals surface area contributed by atoms with E-state index in [1.165, 1.54) is 5.56 Å². The van der Waals surface area contributed by atoms with Crippen LogP contribution in [-0.2, 0) is 14.6 Å². The zero-order valence-electron chi connectivity index (χ0n) is 15.7. The first kappa shape index (κ1) is 20.9. The number of sulfone groups is 1. The molecule has 1 amide bonds. The summed E-state index contributed by atoms with van der Waals surface area (Å²) in [5.41, 5.74) is 6.93. The molecule has 1 saturated carbocycles. The van der Waals surface area contributed by atoms with Gasteiger partial charge in [-0.05, 0) is 31.7 Å². The van der Waals surface area contributed by atoms with E-state index in [1.54, 1.807) is 0 Å². The van der Waals surface area contributed by atoms with Gasteiger partial charge in [-0.15, -0.1) is 0 Å². The van der Waals surface area contributed by atoms with Crippen molar-refractivity contribution in [3.8, 4) is 0 Å². The molecule has 1 aromatic rings. The summed E-state index contributed by atoms with van der Waals surface area (Å²) in [6, 6.07) is 9.63. The molecule has 0 saturated heterocycles. The van der Waals surface area contributed by atoms with Gasteiger partial charge in [0.2, 0.25) is 5.91 Å². The van der Waals surface area contributed by atoms with Crippen LogP contribution in [-0.4, -0.2) is 44.5 Å². The van der Waals surface area contributed by atoms with Gasteiger partial charge in [0.1, 0.15) is 9.84 Å². The van der Waals surface area contributed by atoms with Gasteiger partial charge in [0.05, 0.1) is 11.8 Å². The molecule has 0 aliphatic heterocycles. The van der Waals surface area contributed by atoms with Crippen molar-refractivity contribution in [1.82, 2.24) is 10.6 Å². The van der Waals surface area contributed by atoms with Gasteiger partial charge in [0.15, 0.2) is 0 Å². The second-order valence-electron chi connectivity index (χ2n) is 7.51. The molecule has 26 heavy (non-hydrogen) atoms. The zero-order valence-corrected chi connectivity index (χ0v) is 16.5. The number of hydrogen-bond donors (Lipinski definition) is 3. The maximum atomic E-state index is 12.3. The Labute approximate surface area is 156 Å². The Morgan fingerprint density at radius 3 is 2.42 bits per heavy atom. The lowest BCUT2D eigenvalue weighted by Crippen LogP contribution is -2.54. The van der Waals surface area contributed by atoms with Crippen molar-refractivity contribution in [3.63, 3.8) is 0 Å². The number of nitrogens with one attached hydrogen (secondary N) is 2. The van der Waals surface area contributed by atoms with Crippen LogP contribution in [0.4, 0.5) is 0 Å². The maximum Gasteiger partial charge on any atom is 0.237 e. The number of nitrogens with two attached hydrogens (primary N) is 1. The predicted octanol–water partition coefficient (Wildman–Crippen LogP) is 1.53. The SMILES string of the molecule is CC(NC1(CNC(=O)C(N)CCS(C)(=O)=O)CCCC1)c1ccccc1. The van der Waals surface area contributed by atoms with Crippen molar-refractivity contribution in [1.29, 1.82) is 0 Å². The van der Waals surface area contributed by atoms with Crippen molar-refractivity contribution in [2.45, 2.75) is 56.7 Å². The van der Waals surface area contributed by atoms with Crippen LogP contribution in [0.2, 0.25) is 0 Å². The van der Waals surface area contributed by atoms with Crippen LogP contribution in [0.5, 0.6) is 0 Å². The number of amides is 1. The Balaban J connectivity index is 1.92. The molecular weight excluding hydrogens is 350 g/mol. The van der Waals surface area contributed by atoms with Crippen molar-refractivity contribution in [2.75, 3.05) is 18.6 Å². The Kier molecular flexibility index (Phi) is 7.20. The van der Waals surface area contributed by atoms with Gasteiger partial charge in [0, 0.05) is 24.4 Å². The highest BCUT2D eigenvalue weighted by molar-refractivity contribution is 7.90. The van der Waals surface area contributed by atoms with E-state index in [0.29, 0.717) is 6.54 Å². The third kappa shape index (κ3) is 6.37. The first-order valence-electron chi connectivity index (χ1n) is 9.24. The van der Waals surface area contributed by atoms with Gasteiger partial charge < -0.3 is 16.4 Å². The topological polar surface area (TPSA) is 101 Å². The van der Waals surface area contributed by atoms with E-state index < -0.39 is 15.9 Å². The van der Waals surface area contributed by atoms with Crippen molar-refractivity contribution in [3.05, 3.63) is 35.9 Å². The minimum absolute atomic E-state index is 0.0734. The molecule has 1 aliphatic carbocycles. The quantitative estimate of drug-likeness (QED) is 0.602. The minimum Gasteiger partial charge on any atom is -0.353 e. The average molecular weight is 382 g/mol. The molecule has 4 N–H and O–H groups in total. The Morgan fingerprint density at radius 1 is 1.23 bits per heavy atom. The fourth-order valence-electron chi connectivity index (χ4n) is 3.57. The molecule has 146 valence electrons. The summed E-state index contributed by atoms with van der Waals surface area (Å²) in [6.07, 6.45) is 5.56. The Bertz CT molecular complexity index is 685. The van der Waals surface area contributed by atoms with Crippen LogP contribution < -0.4 is 16.4 Å². The summed E-state index contributed by atoms with van der Waals surface area (Å²) in [5, 5.41) is 6.64. The van der Waals surface area contributed by atoms with E-state index in [-0.39, 0.29) is 29.7 Å². The Morgan fingerprint density at radius 2 is 1.85 bits per heavy atom. The molecule has 0 spiro atoms. The lowest BCUT2D eigenvalue weighted by molar-refractivity contribution is -0.122. The summed E-state index contributed by atoms with van der Waals surface area (Å²) in [7, 11) is -3.11. The van der Waals surface area contributed by atoms with Crippen LogP contribution in [0.25, 0.3) is 0 Å². The Hall–Kier alpha value is -1.44. The second-order valence-corrected chi connectivity index (χ2v) is 9.77. The highest BCUT2D eigenvalue weighted by atomic mass is 32.2. The number of carbonyl (C=O) groups is 1. The lowest BCUT2D eigenvalue weighted by atomic mass is 9.94. The largest absolute Gasteiger partial charge is 0.353 e. The van der Waals surface area contributed by atoms with Gasteiger partial charge >= 0.3 is 0 Å². The molecular formula is C19H31N3O3S. The van der Waals surface area contributed by atoms with E-state index in [4.69, 9.17) is 5.73 Å². The molecule has 1 aliphatic rings. The highest BCUT2D eigenvalue weighted by Crippen LogP contribution is 2.31. The van der Waals surface area contributed by atoms with Crippen molar-refractivity contribution >= 4 is 15.7 Å². The number of carbonyl (C=O) groups excluding carboxylic acids is 1. The van der Waals surface area contributed by atoms with E-state index in [9.17, 15) is 13.2 Å². The summed E-state index contributed by atoms with van der Waals surface area (Å²) in [6.45, 7) is 2.64. The van der Waals surface area contributed by atoms with Crippen LogP contribution in [0, 0.1) is 0 Å². The van der Waals surface area contributed by atoms with E-state index >= 15 is 0 Å². The molecule has 1 aromatic carbocycles. The van der Waals surface area contributed by atoms with Crippen LogP contribution >= 0.6 is 0 Å². The smallest absolute Gasteiger partial charge is 0.237 e. The van der Waals surface area contributed by atoms with E-state index in [0.717, 1.165) is 31.9 Å². The van der Waals surface area contributed by atoms with Crippen molar-refractivity contribution in [2.24, 2.45) is 5.73 Å². The average Bonchev–Trinajstić information content (AvgIpc) is 3.06. The van der Waals surface area contributed by atoms with Gasteiger partial charge in [-0.25, -0.2) is 8.42 Å². The fraction of sp³-hybridized carbons (Fsp3) is 0.632. The number of rotatable bonds is 9. The van der Waals surface area contributed by atoms with Crippen LogP contribution in [0.3, 0.4) is 0 Å². The molecule has 2 rings (SSSR count). The summed E-state index contributed by atoms with van der Waals surface area (Å²) >= 11 is 0. The molecule has 6 nitrogen and oxygen atoms in total. The summed E-state index contributed by atoms with van der Waals surface area (Å²) in [5.74, 6) is -0.357. The van der Waals surface area contributed by atoms with Gasteiger partial charge in [-0.2, -0.15) is 0 Å². The predicted molar refractivity (Wildman–Crippen MR) is 105 cm³/mol.